The second-order valence-corrected chi connectivity index (χ2v) is 4.37. The summed E-state index contributed by atoms with van der Waals surface area (Å²) in [4.78, 5) is 0. The largest absolute Gasteiger partial charge is 0.103 e. The van der Waals surface area contributed by atoms with Crippen molar-refractivity contribution in [3.63, 3.8) is 0 Å². The highest BCUT2D eigenvalue weighted by molar-refractivity contribution is 5.67. The van der Waals surface area contributed by atoms with Gasteiger partial charge in [0.1, 0.15) is 0 Å². The number of fused-ring (bicyclic) bond motifs is 1. The zero-order valence-corrected chi connectivity index (χ0v) is 9.82. The molecule has 16 heavy (non-hydrogen) atoms. The molecule has 0 saturated heterocycles. The van der Waals surface area contributed by atoms with Crippen LogP contribution in [0.1, 0.15) is 30.4 Å². The molecule has 1 aromatic rings. The molecular weight excluding hydrogens is 192 g/mol. The van der Waals surface area contributed by atoms with E-state index in [0.29, 0.717) is 11.8 Å². The van der Waals surface area contributed by atoms with Crippen LogP contribution in [0, 0.1) is 5.92 Å². The van der Waals surface area contributed by atoms with Gasteiger partial charge in [-0.2, -0.15) is 0 Å². The summed E-state index contributed by atoms with van der Waals surface area (Å²) >= 11 is 0. The van der Waals surface area contributed by atoms with Crippen LogP contribution in [0.5, 0.6) is 0 Å². The molecule has 1 aliphatic carbocycles. The van der Waals surface area contributed by atoms with E-state index in [-0.39, 0.29) is 0 Å². The SMILES string of the molecule is C=CC[C@@H]1C([C@@H](C)C=C)=Cc2ccccc21. The van der Waals surface area contributed by atoms with Crippen LogP contribution in [0.2, 0.25) is 0 Å². The highest BCUT2D eigenvalue weighted by atomic mass is 14.3. The van der Waals surface area contributed by atoms with E-state index in [2.05, 4.69) is 50.4 Å². The van der Waals surface area contributed by atoms with Crippen LogP contribution < -0.4 is 0 Å². The maximum Gasteiger partial charge on any atom is 0.00976 e. The van der Waals surface area contributed by atoms with Crippen LogP contribution in [0.15, 0.2) is 55.1 Å². The minimum Gasteiger partial charge on any atom is -0.103 e. The van der Waals surface area contributed by atoms with Crippen molar-refractivity contribution in [2.75, 3.05) is 0 Å². The Hall–Kier alpha value is -1.56. The summed E-state index contributed by atoms with van der Waals surface area (Å²) in [6.45, 7) is 9.97. The van der Waals surface area contributed by atoms with Gasteiger partial charge in [0.2, 0.25) is 0 Å². The molecule has 0 heteroatoms. The summed E-state index contributed by atoms with van der Waals surface area (Å²) in [6.07, 6.45) is 7.36. The zero-order valence-electron chi connectivity index (χ0n) is 9.82. The molecule has 0 N–H and O–H groups in total. The van der Waals surface area contributed by atoms with Crippen molar-refractivity contribution in [1.29, 1.82) is 0 Å². The third-order valence-corrected chi connectivity index (χ3v) is 3.38. The van der Waals surface area contributed by atoms with Crippen molar-refractivity contribution in [3.05, 3.63) is 66.3 Å². The quantitative estimate of drug-likeness (QED) is 0.639. The lowest BCUT2D eigenvalue weighted by molar-refractivity contribution is 0.719. The summed E-state index contributed by atoms with van der Waals surface area (Å²) in [5.74, 6) is 0.944. The summed E-state index contributed by atoms with van der Waals surface area (Å²) in [5, 5.41) is 0. The van der Waals surface area contributed by atoms with Gasteiger partial charge >= 0.3 is 0 Å². The molecular formula is C16H18. The van der Waals surface area contributed by atoms with Gasteiger partial charge in [-0.3, -0.25) is 0 Å². The average molecular weight is 210 g/mol. The lowest BCUT2D eigenvalue weighted by Crippen LogP contribution is -2.03. The average Bonchev–Trinajstić information content (AvgIpc) is 2.68. The summed E-state index contributed by atoms with van der Waals surface area (Å²) < 4.78 is 0. The van der Waals surface area contributed by atoms with Crippen molar-refractivity contribution in [1.82, 2.24) is 0 Å². The maximum absolute atomic E-state index is 3.90. The van der Waals surface area contributed by atoms with E-state index < -0.39 is 0 Å². The van der Waals surface area contributed by atoms with Gasteiger partial charge < -0.3 is 0 Å². The molecule has 0 bridgehead atoms. The van der Waals surface area contributed by atoms with E-state index in [9.17, 15) is 0 Å². The molecule has 2 rings (SSSR count). The monoisotopic (exact) mass is 210 g/mol. The van der Waals surface area contributed by atoms with E-state index in [1.54, 1.807) is 0 Å². The fourth-order valence-electron chi connectivity index (χ4n) is 2.43. The third kappa shape index (κ3) is 1.76. The maximum atomic E-state index is 3.90. The standard InChI is InChI=1S/C16H18/c1-4-8-15-14-10-7-6-9-13(14)11-16(15)12(3)5-2/h4-7,9-12,15H,1-2,8H2,3H3/t12-,15-/m0/s1. The molecule has 0 aromatic heterocycles. The van der Waals surface area contributed by atoms with Crippen LogP contribution in [0.4, 0.5) is 0 Å². The summed E-state index contributed by atoms with van der Waals surface area (Å²) in [6, 6.07) is 8.63. The molecule has 0 amide bonds. The van der Waals surface area contributed by atoms with E-state index >= 15 is 0 Å². The minimum absolute atomic E-state index is 0.442. The topological polar surface area (TPSA) is 0 Å². The predicted molar refractivity (Wildman–Crippen MR) is 71.3 cm³/mol. The fraction of sp³-hybridized carbons (Fsp3) is 0.250. The Kier molecular flexibility index (Phi) is 3.09. The highest BCUT2D eigenvalue weighted by Crippen LogP contribution is 2.42. The van der Waals surface area contributed by atoms with E-state index in [1.165, 1.54) is 16.7 Å². The van der Waals surface area contributed by atoms with Gasteiger partial charge in [-0.05, 0) is 23.5 Å². The second-order valence-electron chi connectivity index (χ2n) is 4.37. The third-order valence-electron chi connectivity index (χ3n) is 3.38. The first-order chi connectivity index (χ1) is 7.77. The summed E-state index contributed by atoms with van der Waals surface area (Å²) in [7, 11) is 0. The smallest absolute Gasteiger partial charge is 0.00976 e. The van der Waals surface area contributed by atoms with Gasteiger partial charge in [-0.25, -0.2) is 0 Å². The first-order valence-electron chi connectivity index (χ1n) is 5.81. The normalized spacial score (nSPS) is 19.8. The minimum atomic E-state index is 0.442. The lowest BCUT2D eigenvalue weighted by Gasteiger charge is -2.18. The van der Waals surface area contributed by atoms with Crippen molar-refractivity contribution in [2.45, 2.75) is 19.3 Å². The zero-order chi connectivity index (χ0) is 11.5. The van der Waals surface area contributed by atoms with Crippen LogP contribution in [-0.2, 0) is 0 Å². The van der Waals surface area contributed by atoms with Crippen LogP contribution in [0.3, 0.4) is 0 Å². The number of allylic oxidation sites excluding steroid dienone is 3. The van der Waals surface area contributed by atoms with Crippen molar-refractivity contribution >= 4 is 6.08 Å². The molecule has 0 heterocycles. The Morgan fingerprint density at radius 1 is 1.31 bits per heavy atom. The van der Waals surface area contributed by atoms with Crippen molar-refractivity contribution < 1.29 is 0 Å². The number of hydrogen-bond acceptors (Lipinski definition) is 0. The van der Waals surface area contributed by atoms with Gasteiger partial charge in [-0.15, -0.1) is 13.2 Å². The molecule has 2 atom stereocenters. The molecule has 0 unspecified atom stereocenters. The van der Waals surface area contributed by atoms with Gasteiger partial charge in [0.05, 0.1) is 0 Å². The van der Waals surface area contributed by atoms with Gasteiger partial charge in [0, 0.05) is 5.92 Å². The molecule has 0 nitrogen and oxygen atoms in total. The fourth-order valence-corrected chi connectivity index (χ4v) is 2.43. The second kappa shape index (κ2) is 4.52. The molecule has 0 fully saturated rings. The van der Waals surface area contributed by atoms with E-state index in [1.807, 2.05) is 12.2 Å². The molecule has 1 aromatic carbocycles. The molecule has 0 aliphatic heterocycles. The Bertz CT molecular complexity index is 437. The predicted octanol–water partition coefficient (Wildman–Crippen LogP) is 4.57. The number of benzene rings is 1. The van der Waals surface area contributed by atoms with E-state index in [4.69, 9.17) is 0 Å². The van der Waals surface area contributed by atoms with Gasteiger partial charge in [0.15, 0.2) is 0 Å². The molecule has 0 spiro atoms. The molecule has 0 saturated carbocycles. The highest BCUT2D eigenvalue weighted by Gasteiger charge is 2.25. The molecule has 0 radical (unpaired) electrons. The van der Waals surface area contributed by atoms with E-state index in [0.717, 1.165) is 6.42 Å². The lowest BCUT2D eigenvalue weighted by atomic mass is 9.86. The first-order valence-corrected chi connectivity index (χ1v) is 5.81. The van der Waals surface area contributed by atoms with Crippen molar-refractivity contribution in [2.24, 2.45) is 5.92 Å². The Morgan fingerprint density at radius 3 is 2.75 bits per heavy atom. The first kappa shape index (κ1) is 10.9. The van der Waals surface area contributed by atoms with Gasteiger partial charge in [0.25, 0.3) is 0 Å². The number of hydrogen-bond donors (Lipinski definition) is 0. The Balaban J connectivity index is 2.41. The van der Waals surface area contributed by atoms with Gasteiger partial charge in [-0.1, -0.05) is 55.0 Å². The van der Waals surface area contributed by atoms with Crippen molar-refractivity contribution in [3.8, 4) is 0 Å². The summed E-state index contributed by atoms with van der Waals surface area (Å²) in [5.41, 5.74) is 4.26. The van der Waals surface area contributed by atoms with Crippen LogP contribution in [-0.4, -0.2) is 0 Å². The number of rotatable bonds is 4. The Labute approximate surface area is 98.0 Å². The Morgan fingerprint density at radius 2 is 2.06 bits per heavy atom. The molecule has 1 aliphatic rings. The molecule has 82 valence electrons. The van der Waals surface area contributed by atoms with Crippen LogP contribution in [0.25, 0.3) is 6.08 Å². The van der Waals surface area contributed by atoms with Crippen LogP contribution >= 0.6 is 0 Å².